The summed E-state index contributed by atoms with van der Waals surface area (Å²) in [5.74, 6) is 0. The minimum absolute atomic E-state index is 0.262. The quantitative estimate of drug-likeness (QED) is 0.668. The van der Waals surface area contributed by atoms with Crippen molar-refractivity contribution in [1.82, 2.24) is 9.03 Å². The second-order valence-corrected chi connectivity index (χ2v) is 8.93. The van der Waals surface area contributed by atoms with E-state index >= 15 is 0 Å². The fourth-order valence-corrected chi connectivity index (χ4v) is 4.59. The molecule has 26 heavy (non-hydrogen) atoms. The minimum atomic E-state index is -3.68. The molecule has 0 bridgehead atoms. The fourth-order valence-electron chi connectivity index (χ4n) is 3.05. The van der Waals surface area contributed by atoms with Crippen molar-refractivity contribution in [2.24, 2.45) is 0 Å². The van der Waals surface area contributed by atoms with Gasteiger partial charge < -0.3 is 0 Å². The van der Waals surface area contributed by atoms with Crippen molar-refractivity contribution in [2.45, 2.75) is 45.8 Å². The lowest BCUT2D eigenvalue weighted by molar-refractivity contribution is 0.216. The predicted octanol–water partition coefficient (Wildman–Crippen LogP) is 4.27. The molecule has 0 saturated heterocycles. The van der Waals surface area contributed by atoms with E-state index in [9.17, 15) is 8.42 Å². The van der Waals surface area contributed by atoms with Crippen LogP contribution in [-0.2, 0) is 23.3 Å². The smallest absolute Gasteiger partial charge is 0.198 e. The van der Waals surface area contributed by atoms with Crippen LogP contribution in [-0.4, -0.2) is 18.3 Å². The highest BCUT2D eigenvalue weighted by Gasteiger charge is 2.36. The summed E-state index contributed by atoms with van der Waals surface area (Å²) in [5.41, 5.74) is 2.23. The zero-order valence-corrected chi connectivity index (χ0v) is 16.6. The lowest BCUT2D eigenvalue weighted by atomic mass is 9.96. The Kier molecular flexibility index (Phi) is 6.75. The molecule has 0 aliphatic heterocycles. The Morgan fingerprint density at radius 1 is 1.00 bits per heavy atom. The molecule has 0 amide bonds. The third kappa shape index (κ3) is 5.80. The van der Waals surface area contributed by atoms with Gasteiger partial charge in [0.05, 0.1) is 0 Å². The molecule has 0 aromatic heterocycles. The molecular weight excluding hydrogens is 344 g/mol. The van der Waals surface area contributed by atoms with Gasteiger partial charge in [-0.05, 0) is 38.3 Å². The van der Waals surface area contributed by atoms with E-state index in [0.29, 0.717) is 13.0 Å². The standard InChI is InChI=1S/C21H28N2O2S/c1-18(2)15-21(3,4)23(17-20-13-9-6-10-14-20)26(24,25)22-16-19-11-7-5-8-12-19/h5-14,22H,1,15-17H2,2-4H3. The summed E-state index contributed by atoms with van der Waals surface area (Å²) < 4.78 is 30.5. The Bertz CT molecular complexity index is 816. The minimum Gasteiger partial charge on any atom is -0.198 e. The molecule has 5 heteroatoms. The van der Waals surface area contributed by atoms with Crippen LogP contribution in [0.5, 0.6) is 0 Å². The van der Waals surface area contributed by atoms with Crippen LogP contribution < -0.4 is 4.72 Å². The molecule has 0 aliphatic carbocycles. The average molecular weight is 373 g/mol. The molecule has 2 aromatic rings. The highest BCUT2D eigenvalue weighted by molar-refractivity contribution is 7.87. The summed E-state index contributed by atoms with van der Waals surface area (Å²) in [7, 11) is -3.68. The molecule has 0 heterocycles. The first-order chi connectivity index (χ1) is 12.2. The van der Waals surface area contributed by atoms with E-state index in [0.717, 1.165) is 16.7 Å². The molecule has 2 aromatic carbocycles. The molecular formula is C21H28N2O2S. The lowest BCUT2D eigenvalue weighted by Gasteiger charge is -2.38. The molecule has 140 valence electrons. The highest BCUT2D eigenvalue weighted by Crippen LogP contribution is 2.27. The Morgan fingerprint density at radius 2 is 1.50 bits per heavy atom. The van der Waals surface area contributed by atoms with Gasteiger partial charge in [0.1, 0.15) is 0 Å². The first kappa shape index (κ1) is 20.4. The number of nitrogens with one attached hydrogen (secondary N) is 1. The third-order valence-corrected chi connectivity index (χ3v) is 5.88. The Balaban J connectivity index is 2.27. The van der Waals surface area contributed by atoms with Crippen molar-refractivity contribution < 1.29 is 8.42 Å². The number of hydrogen-bond acceptors (Lipinski definition) is 2. The summed E-state index contributed by atoms with van der Waals surface area (Å²) >= 11 is 0. The molecule has 4 nitrogen and oxygen atoms in total. The fraction of sp³-hybridized carbons (Fsp3) is 0.333. The maximum atomic E-state index is 13.1. The van der Waals surface area contributed by atoms with Gasteiger partial charge in [-0.15, -0.1) is 6.58 Å². The van der Waals surface area contributed by atoms with Crippen molar-refractivity contribution >= 4 is 10.2 Å². The van der Waals surface area contributed by atoms with Crippen LogP contribution in [0.15, 0.2) is 72.8 Å². The molecule has 0 atom stereocenters. The van der Waals surface area contributed by atoms with E-state index in [-0.39, 0.29) is 6.54 Å². The van der Waals surface area contributed by atoms with Crippen molar-refractivity contribution in [3.63, 3.8) is 0 Å². The van der Waals surface area contributed by atoms with E-state index in [1.165, 1.54) is 4.31 Å². The average Bonchev–Trinajstić information content (AvgIpc) is 2.58. The van der Waals surface area contributed by atoms with Crippen LogP contribution in [0.2, 0.25) is 0 Å². The molecule has 1 N–H and O–H groups in total. The van der Waals surface area contributed by atoms with Gasteiger partial charge in [-0.2, -0.15) is 17.4 Å². The van der Waals surface area contributed by atoms with Gasteiger partial charge in [0.2, 0.25) is 0 Å². The normalized spacial score (nSPS) is 12.3. The highest BCUT2D eigenvalue weighted by atomic mass is 32.2. The third-order valence-electron chi connectivity index (χ3n) is 4.17. The molecule has 0 unspecified atom stereocenters. The number of nitrogens with zero attached hydrogens (tertiary/aromatic N) is 1. The first-order valence-electron chi connectivity index (χ1n) is 8.70. The number of rotatable bonds is 9. The van der Waals surface area contributed by atoms with Gasteiger partial charge in [0.15, 0.2) is 0 Å². The molecule has 0 aliphatic rings. The lowest BCUT2D eigenvalue weighted by Crippen LogP contribution is -2.51. The zero-order chi connectivity index (χ0) is 19.2. The monoisotopic (exact) mass is 372 g/mol. The van der Waals surface area contributed by atoms with Crippen molar-refractivity contribution in [1.29, 1.82) is 0 Å². The second kappa shape index (κ2) is 8.62. The Hall–Kier alpha value is -1.95. The molecule has 0 spiro atoms. The summed E-state index contributed by atoms with van der Waals surface area (Å²) in [6.07, 6.45) is 0.589. The molecule has 0 fully saturated rings. The maximum Gasteiger partial charge on any atom is 0.280 e. The van der Waals surface area contributed by atoms with E-state index in [2.05, 4.69) is 11.3 Å². The van der Waals surface area contributed by atoms with Gasteiger partial charge in [-0.1, -0.05) is 66.2 Å². The summed E-state index contributed by atoms with van der Waals surface area (Å²) in [4.78, 5) is 0. The van der Waals surface area contributed by atoms with E-state index in [1.807, 2.05) is 81.4 Å². The maximum absolute atomic E-state index is 13.1. The van der Waals surface area contributed by atoms with Crippen LogP contribution in [0.1, 0.15) is 38.3 Å². The van der Waals surface area contributed by atoms with Crippen LogP contribution in [0.4, 0.5) is 0 Å². The largest absolute Gasteiger partial charge is 0.280 e. The van der Waals surface area contributed by atoms with Crippen LogP contribution in [0, 0.1) is 0 Å². The number of benzene rings is 2. The van der Waals surface area contributed by atoms with E-state index in [1.54, 1.807) is 0 Å². The van der Waals surface area contributed by atoms with Crippen LogP contribution in [0.3, 0.4) is 0 Å². The van der Waals surface area contributed by atoms with E-state index < -0.39 is 15.7 Å². The van der Waals surface area contributed by atoms with Gasteiger partial charge >= 0.3 is 0 Å². The summed E-state index contributed by atoms with van der Waals surface area (Å²) in [5, 5.41) is 0. The van der Waals surface area contributed by atoms with Gasteiger partial charge in [0, 0.05) is 18.6 Å². The van der Waals surface area contributed by atoms with Gasteiger partial charge in [-0.25, -0.2) is 0 Å². The molecule has 2 rings (SSSR count). The topological polar surface area (TPSA) is 49.4 Å². The van der Waals surface area contributed by atoms with Gasteiger partial charge in [-0.3, -0.25) is 0 Å². The predicted molar refractivity (Wildman–Crippen MR) is 108 cm³/mol. The SMILES string of the molecule is C=C(C)CC(C)(C)N(Cc1ccccc1)S(=O)(=O)NCc1ccccc1. The van der Waals surface area contributed by atoms with Crippen molar-refractivity contribution in [3.8, 4) is 0 Å². The van der Waals surface area contributed by atoms with Crippen molar-refractivity contribution in [2.75, 3.05) is 0 Å². The van der Waals surface area contributed by atoms with Crippen LogP contribution in [0.25, 0.3) is 0 Å². The molecule has 0 radical (unpaired) electrons. The second-order valence-electron chi connectivity index (χ2n) is 7.25. The summed E-state index contributed by atoms with van der Waals surface area (Å²) in [6.45, 7) is 10.3. The number of hydrogen-bond donors (Lipinski definition) is 1. The Morgan fingerprint density at radius 3 is 2.00 bits per heavy atom. The van der Waals surface area contributed by atoms with Gasteiger partial charge in [0.25, 0.3) is 10.2 Å². The van der Waals surface area contributed by atoms with Crippen LogP contribution >= 0.6 is 0 Å². The van der Waals surface area contributed by atoms with Crippen molar-refractivity contribution in [3.05, 3.63) is 83.9 Å². The Labute approximate surface area is 157 Å². The summed E-state index contributed by atoms with van der Waals surface area (Å²) in [6, 6.07) is 19.2. The first-order valence-corrected chi connectivity index (χ1v) is 10.1. The van der Waals surface area contributed by atoms with E-state index in [4.69, 9.17) is 0 Å². The molecule has 0 saturated carbocycles. The zero-order valence-electron chi connectivity index (χ0n) is 15.8.